The minimum Gasteiger partial charge on any atom is -0.466 e. The third kappa shape index (κ3) is 3.30. The van der Waals surface area contributed by atoms with E-state index in [1.807, 2.05) is 19.1 Å². The van der Waals surface area contributed by atoms with Crippen LogP contribution >= 0.6 is 0 Å². The molecule has 0 aromatic heterocycles. The van der Waals surface area contributed by atoms with E-state index >= 15 is 0 Å². The summed E-state index contributed by atoms with van der Waals surface area (Å²) in [6.07, 6.45) is 5.46. The quantitative estimate of drug-likeness (QED) is 0.424. The minimum absolute atomic E-state index is 0.0866. The number of carbonyl (C=O) groups excluding carboxylic acids is 3. The largest absolute Gasteiger partial charge is 0.466 e. The average Bonchev–Trinajstić information content (AvgIpc) is 2.50. The molecule has 2 aliphatic carbocycles. The van der Waals surface area contributed by atoms with Gasteiger partial charge in [-0.25, -0.2) is 4.79 Å². The Hall–Kier alpha value is -1.91. The summed E-state index contributed by atoms with van der Waals surface area (Å²) in [6, 6.07) is 0. The van der Waals surface area contributed by atoms with Gasteiger partial charge in [-0.2, -0.15) is 0 Å². The van der Waals surface area contributed by atoms with Gasteiger partial charge in [-0.15, -0.1) is 0 Å². The van der Waals surface area contributed by atoms with Crippen molar-refractivity contribution in [1.82, 2.24) is 0 Å². The highest BCUT2D eigenvalue weighted by Gasteiger charge is 2.56. The van der Waals surface area contributed by atoms with Gasteiger partial charge in [0.15, 0.2) is 0 Å². The van der Waals surface area contributed by atoms with Gasteiger partial charge in [-0.1, -0.05) is 18.7 Å². The molecule has 3 atom stereocenters. The summed E-state index contributed by atoms with van der Waals surface area (Å²) in [5.41, 5.74) is -1.18. The molecule has 0 saturated heterocycles. The fourth-order valence-corrected chi connectivity index (χ4v) is 4.08. The molecule has 0 unspecified atom stereocenters. The zero-order chi connectivity index (χ0) is 18.0. The van der Waals surface area contributed by atoms with Gasteiger partial charge in [-0.05, 0) is 46.5 Å². The van der Waals surface area contributed by atoms with Gasteiger partial charge in [0, 0.05) is 16.4 Å². The third-order valence-corrected chi connectivity index (χ3v) is 5.04. The second kappa shape index (κ2) is 6.91. The Kier molecular flexibility index (Phi) is 5.31. The molecule has 0 N–H and O–H groups in total. The predicted octanol–water partition coefficient (Wildman–Crippen LogP) is 2.99. The Bertz CT molecular complexity index is 591. The zero-order valence-electron chi connectivity index (χ0n) is 14.7. The topological polar surface area (TPSA) is 69.7 Å². The first-order valence-corrected chi connectivity index (χ1v) is 8.52. The van der Waals surface area contributed by atoms with Crippen LogP contribution in [0.3, 0.4) is 0 Å². The Morgan fingerprint density at radius 3 is 2.54 bits per heavy atom. The fourth-order valence-electron chi connectivity index (χ4n) is 4.08. The molecule has 0 aromatic carbocycles. The summed E-state index contributed by atoms with van der Waals surface area (Å²) in [4.78, 5) is 37.3. The second-order valence-corrected chi connectivity index (χ2v) is 6.99. The molecule has 0 spiro atoms. The van der Waals surface area contributed by atoms with E-state index in [9.17, 15) is 14.4 Å². The molecule has 1 saturated carbocycles. The van der Waals surface area contributed by atoms with E-state index in [1.54, 1.807) is 13.8 Å². The zero-order valence-corrected chi connectivity index (χ0v) is 14.7. The molecule has 0 aromatic rings. The number of allylic oxidation sites excluding steroid dienone is 2. The molecular weight excluding hydrogens is 308 g/mol. The first-order valence-electron chi connectivity index (χ1n) is 8.52. The molecule has 2 bridgehead atoms. The van der Waals surface area contributed by atoms with Crippen LogP contribution in [0.4, 0.5) is 0 Å². The van der Waals surface area contributed by atoms with Crippen LogP contribution in [0.2, 0.25) is 0 Å². The average molecular weight is 334 g/mol. The van der Waals surface area contributed by atoms with Crippen LogP contribution in [0.15, 0.2) is 24.3 Å². The van der Waals surface area contributed by atoms with Gasteiger partial charge in [-0.3, -0.25) is 9.59 Å². The van der Waals surface area contributed by atoms with Crippen molar-refractivity contribution in [3.8, 4) is 0 Å². The maximum absolute atomic E-state index is 13.1. The molecule has 2 rings (SSSR count). The summed E-state index contributed by atoms with van der Waals surface area (Å²) in [7, 11) is 0. The van der Waals surface area contributed by atoms with Crippen molar-refractivity contribution < 1.29 is 23.9 Å². The standard InChI is InChI=1S/C19H26O5/c1-5-23-15(20)13(3)10-19-9-7-8-18(4,17(19)22)11-14(12-19)16(21)24-6-2/h7-8,14H,3,5-6,9-12H2,1-2,4H3/t14-,18-,19-/m1/s1. The summed E-state index contributed by atoms with van der Waals surface area (Å²) in [5.74, 6) is -0.997. The van der Waals surface area contributed by atoms with Crippen LogP contribution in [0.25, 0.3) is 0 Å². The number of esters is 2. The van der Waals surface area contributed by atoms with Crippen LogP contribution in [-0.2, 0) is 23.9 Å². The van der Waals surface area contributed by atoms with Crippen molar-refractivity contribution in [3.63, 3.8) is 0 Å². The smallest absolute Gasteiger partial charge is 0.333 e. The lowest BCUT2D eigenvalue weighted by Crippen LogP contribution is -2.52. The van der Waals surface area contributed by atoms with E-state index < -0.39 is 16.8 Å². The van der Waals surface area contributed by atoms with Gasteiger partial charge in [0.05, 0.1) is 19.1 Å². The normalized spacial score (nSPS) is 31.5. The Morgan fingerprint density at radius 2 is 1.92 bits per heavy atom. The highest BCUT2D eigenvalue weighted by molar-refractivity contribution is 5.97. The summed E-state index contributed by atoms with van der Waals surface area (Å²) in [5, 5.41) is 0. The van der Waals surface area contributed by atoms with E-state index in [-0.39, 0.29) is 36.3 Å². The highest BCUT2D eigenvalue weighted by atomic mass is 16.5. The van der Waals surface area contributed by atoms with E-state index in [4.69, 9.17) is 9.47 Å². The molecule has 0 amide bonds. The lowest BCUT2D eigenvalue weighted by molar-refractivity contribution is -0.158. The number of ether oxygens (including phenoxy) is 2. The summed E-state index contributed by atoms with van der Waals surface area (Å²) >= 11 is 0. The number of carbonyl (C=O) groups is 3. The minimum atomic E-state index is -0.775. The first-order chi connectivity index (χ1) is 11.3. The van der Waals surface area contributed by atoms with Crippen LogP contribution in [0.5, 0.6) is 0 Å². The first kappa shape index (κ1) is 18.4. The molecular formula is C19H26O5. The summed E-state index contributed by atoms with van der Waals surface area (Å²) in [6.45, 7) is 9.75. The molecule has 5 heteroatoms. The summed E-state index contributed by atoms with van der Waals surface area (Å²) < 4.78 is 10.2. The van der Waals surface area contributed by atoms with E-state index in [1.165, 1.54) is 0 Å². The number of fused-ring (bicyclic) bond motifs is 2. The lowest BCUT2D eigenvalue weighted by Gasteiger charge is -2.48. The Labute approximate surface area is 143 Å². The van der Waals surface area contributed by atoms with Gasteiger partial charge in [0.1, 0.15) is 5.78 Å². The van der Waals surface area contributed by atoms with Gasteiger partial charge in [0.25, 0.3) is 0 Å². The van der Waals surface area contributed by atoms with Gasteiger partial charge >= 0.3 is 11.9 Å². The number of rotatable bonds is 6. The van der Waals surface area contributed by atoms with Crippen molar-refractivity contribution in [1.29, 1.82) is 0 Å². The molecule has 0 radical (unpaired) electrons. The predicted molar refractivity (Wildman–Crippen MR) is 89.1 cm³/mol. The maximum Gasteiger partial charge on any atom is 0.333 e. The van der Waals surface area contributed by atoms with E-state index in [0.29, 0.717) is 25.9 Å². The molecule has 5 nitrogen and oxygen atoms in total. The Balaban J connectivity index is 2.29. The second-order valence-electron chi connectivity index (χ2n) is 6.99. The van der Waals surface area contributed by atoms with Crippen LogP contribution in [0.1, 0.15) is 46.5 Å². The SMILES string of the molecule is C=C(C[C@]12CC=C[C@](C)(C[C@@H](C(=O)OCC)C1)C2=O)C(=O)OCC. The van der Waals surface area contributed by atoms with E-state index in [2.05, 4.69) is 6.58 Å². The fraction of sp³-hybridized carbons (Fsp3) is 0.632. The molecule has 0 aliphatic heterocycles. The monoisotopic (exact) mass is 334 g/mol. The number of ketones is 1. The molecule has 1 fully saturated rings. The lowest BCUT2D eigenvalue weighted by atomic mass is 9.53. The number of hydrogen-bond donors (Lipinski definition) is 0. The van der Waals surface area contributed by atoms with Crippen molar-refractivity contribution in [2.45, 2.75) is 46.5 Å². The van der Waals surface area contributed by atoms with Crippen LogP contribution in [0, 0.1) is 16.7 Å². The number of Topliss-reactive ketones (excluding diaryl/α,β-unsaturated/α-hetero) is 1. The highest BCUT2D eigenvalue weighted by Crippen LogP contribution is 2.54. The van der Waals surface area contributed by atoms with Crippen molar-refractivity contribution in [3.05, 3.63) is 24.3 Å². The Morgan fingerprint density at radius 1 is 1.25 bits per heavy atom. The van der Waals surface area contributed by atoms with Crippen LogP contribution in [-0.4, -0.2) is 30.9 Å². The number of hydrogen-bond acceptors (Lipinski definition) is 5. The maximum atomic E-state index is 13.1. The van der Waals surface area contributed by atoms with Crippen LogP contribution < -0.4 is 0 Å². The van der Waals surface area contributed by atoms with Crippen molar-refractivity contribution in [2.24, 2.45) is 16.7 Å². The molecule has 132 valence electrons. The molecule has 2 aliphatic rings. The van der Waals surface area contributed by atoms with Gasteiger partial charge in [0.2, 0.25) is 0 Å². The van der Waals surface area contributed by atoms with Gasteiger partial charge < -0.3 is 9.47 Å². The molecule has 24 heavy (non-hydrogen) atoms. The molecule has 0 heterocycles. The third-order valence-electron chi connectivity index (χ3n) is 5.04. The van der Waals surface area contributed by atoms with Crippen molar-refractivity contribution >= 4 is 17.7 Å². The van der Waals surface area contributed by atoms with E-state index in [0.717, 1.165) is 0 Å². The van der Waals surface area contributed by atoms with Crippen molar-refractivity contribution in [2.75, 3.05) is 13.2 Å².